The molecule has 1 aromatic heterocycles. The lowest BCUT2D eigenvalue weighted by Gasteiger charge is -2.05. The molecule has 1 aromatic carbocycles. The van der Waals surface area contributed by atoms with E-state index in [1.807, 2.05) is 30.5 Å². The van der Waals surface area contributed by atoms with Gasteiger partial charge in [-0.1, -0.05) is 6.07 Å². The molecule has 0 radical (unpaired) electrons. The molecule has 0 spiro atoms. The van der Waals surface area contributed by atoms with Gasteiger partial charge < -0.3 is 4.74 Å². The Morgan fingerprint density at radius 3 is 3.00 bits per heavy atom. The van der Waals surface area contributed by atoms with Gasteiger partial charge in [-0.15, -0.1) is 11.3 Å². The largest absolute Gasteiger partial charge is 0.496 e. The molecule has 0 saturated carbocycles. The summed E-state index contributed by atoms with van der Waals surface area (Å²) in [5.74, 6) is 0.808. The van der Waals surface area contributed by atoms with Crippen LogP contribution in [0.1, 0.15) is 11.3 Å². The molecular formula is C12H12IN3OS. The number of aryl methyl sites for hydroxylation is 1. The van der Waals surface area contributed by atoms with E-state index in [1.165, 1.54) is 11.3 Å². The molecule has 2 aromatic rings. The van der Waals surface area contributed by atoms with E-state index >= 15 is 0 Å². The van der Waals surface area contributed by atoms with Crippen molar-refractivity contribution in [2.75, 3.05) is 12.5 Å². The zero-order chi connectivity index (χ0) is 13.0. The number of halogens is 1. The number of hydrogen-bond donors (Lipinski definition) is 1. The molecule has 0 atom stereocenters. The lowest BCUT2D eigenvalue weighted by atomic mass is 10.2. The van der Waals surface area contributed by atoms with Gasteiger partial charge in [-0.2, -0.15) is 5.10 Å². The van der Waals surface area contributed by atoms with Gasteiger partial charge in [-0.05, 0) is 41.6 Å². The second-order valence-electron chi connectivity index (χ2n) is 3.52. The van der Waals surface area contributed by atoms with E-state index < -0.39 is 0 Å². The fourth-order valence-electron chi connectivity index (χ4n) is 1.38. The van der Waals surface area contributed by atoms with Crippen molar-refractivity contribution in [3.05, 3.63) is 38.4 Å². The van der Waals surface area contributed by atoms with Gasteiger partial charge in [0.2, 0.25) is 5.13 Å². The standard InChI is InChI=1S/C12H12IN3OS/c1-8-7-18-12(15-8)16-14-6-9-10(13)4-3-5-11(9)17-2/h3-7H,1-2H3,(H,15,16). The van der Waals surface area contributed by atoms with Gasteiger partial charge in [-0.3, -0.25) is 5.43 Å². The maximum Gasteiger partial charge on any atom is 0.203 e. The highest BCUT2D eigenvalue weighted by Crippen LogP contribution is 2.22. The van der Waals surface area contributed by atoms with Crippen molar-refractivity contribution in [1.29, 1.82) is 0 Å². The Kier molecular flexibility index (Phi) is 4.54. The Morgan fingerprint density at radius 1 is 1.50 bits per heavy atom. The number of nitrogens with zero attached hydrogens (tertiary/aromatic N) is 2. The number of ether oxygens (including phenoxy) is 1. The number of methoxy groups -OCH3 is 1. The van der Waals surface area contributed by atoms with E-state index in [-0.39, 0.29) is 0 Å². The number of nitrogens with one attached hydrogen (secondary N) is 1. The fraction of sp³-hybridized carbons (Fsp3) is 0.167. The molecule has 0 aliphatic rings. The van der Waals surface area contributed by atoms with Gasteiger partial charge in [0.05, 0.1) is 19.0 Å². The molecule has 6 heteroatoms. The number of hydrogen-bond acceptors (Lipinski definition) is 5. The molecule has 0 aliphatic heterocycles. The first-order valence-corrected chi connectivity index (χ1v) is 7.20. The van der Waals surface area contributed by atoms with Gasteiger partial charge in [-0.25, -0.2) is 4.98 Å². The van der Waals surface area contributed by atoms with Gasteiger partial charge in [0.25, 0.3) is 0 Å². The maximum absolute atomic E-state index is 5.30. The van der Waals surface area contributed by atoms with Crippen molar-refractivity contribution >= 4 is 45.3 Å². The van der Waals surface area contributed by atoms with E-state index in [9.17, 15) is 0 Å². The molecule has 2 rings (SSSR count). The summed E-state index contributed by atoms with van der Waals surface area (Å²) in [6, 6.07) is 5.88. The molecule has 0 fully saturated rings. The molecular weight excluding hydrogens is 361 g/mol. The van der Waals surface area contributed by atoms with Crippen LogP contribution in [0.15, 0.2) is 28.7 Å². The number of hydrazone groups is 1. The third kappa shape index (κ3) is 3.20. The molecule has 1 heterocycles. The topological polar surface area (TPSA) is 46.5 Å². The Bertz CT molecular complexity index is 568. The summed E-state index contributed by atoms with van der Waals surface area (Å²) >= 11 is 3.79. The highest BCUT2D eigenvalue weighted by Gasteiger charge is 2.04. The van der Waals surface area contributed by atoms with Crippen LogP contribution < -0.4 is 10.2 Å². The van der Waals surface area contributed by atoms with E-state index in [0.717, 1.165) is 25.7 Å². The van der Waals surface area contributed by atoms with Crippen molar-refractivity contribution in [2.45, 2.75) is 6.92 Å². The van der Waals surface area contributed by atoms with Crippen LogP contribution in [0.5, 0.6) is 5.75 Å². The minimum atomic E-state index is 0.786. The SMILES string of the molecule is COc1cccc(I)c1C=NNc1nc(C)cs1. The molecule has 0 aliphatic carbocycles. The van der Waals surface area contributed by atoms with Gasteiger partial charge in [0, 0.05) is 14.5 Å². The van der Waals surface area contributed by atoms with Crippen LogP contribution in [-0.2, 0) is 0 Å². The van der Waals surface area contributed by atoms with Crippen molar-refractivity contribution in [3.8, 4) is 5.75 Å². The average Bonchev–Trinajstić information content (AvgIpc) is 2.77. The zero-order valence-electron chi connectivity index (χ0n) is 9.98. The lowest BCUT2D eigenvalue weighted by Crippen LogP contribution is -1.96. The summed E-state index contributed by atoms with van der Waals surface area (Å²) in [7, 11) is 1.65. The summed E-state index contributed by atoms with van der Waals surface area (Å²) in [6.07, 6.45) is 1.75. The number of thiazole rings is 1. The predicted octanol–water partition coefficient (Wildman–Crippen LogP) is 3.51. The van der Waals surface area contributed by atoms with Gasteiger partial charge in [0.1, 0.15) is 5.75 Å². The van der Waals surface area contributed by atoms with Crippen LogP contribution in [0, 0.1) is 10.5 Å². The second-order valence-corrected chi connectivity index (χ2v) is 5.54. The Labute approximate surface area is 123 Å². The first-order chi connectivity index (χ1) is 8.70. The number of anilines is 1. The quantitative estimate of drug-likeness (QED) is 0.507. The van der Waals surface area contributed by atoms with E-state index in [0.29, 0.717) is 0 Å². The normalized spacial score (nSPS) is 10.8. The smallest absolute Gasteiger partial charge is 0.203 e. The Balaban J connectivity index is 2.13. The fourth-order valence-corrected chi connectivity index (χ4v) is 2.63. The third-order valence-electron chi connectivity index (χ3n) is 2.21. The summed E-state index contributed by atoms with van der Waals surface area (Å²) in [5, 5.41) is 6.95. The van der Waals surface area contributed by atoms with Gasteiger partial charge in [0.15, 0.2) is 0 Å². The van der Waals surface area contributed by atoms with Crippen molar-refractivity contribution < 1.29 is 4.74 Å². The second kappa shape index (κ2) is 6.14. The first-order valence-electron chi connectivity index (χ1n) is 5.24. The van der Waals surface area contributed by atoms with Crippen LogP contribution in [0.4, 0.5) is 5.13 Å². The molecule has 0 amide bonds. The summed E-state index contributed by atoms with van der Waals surface area (Å²) in [6.45, 7) is 1.95. The number of benzene rings is 1. The van der Waals surface area contributed by atoms with Crippen molar-refractivity contribution in [2.24, 2.45) is 5.10 Å². The monoisotopic (exact) mass is 373 g/mol. The molecule has 0 bridgehead atoms. The van der Waals surface area contributed by atoms with E-state index in [2.05, 4.69) is 38.1 Å². The van der Waals surface area contributed by atoms with E-state index in [4.69, 9.17) is 4.74 Å². The molecule has 4 nitrogen and oxygen atoms in total. The van der Waals surface area contributed by atoms with Crippen LogP contribution in [-0.4, -0.2) is 18.3 Å². The maximum atomic E-state index is 5.30. The van der Waals surface area contributed by atoms with Crippen LogP contribution in [0.3, 0.4) is 0 Å². The minimum absolute atomic E-state index is 0.786. The summed E-state index contributed by atoms with van der Waals surface area (Å²) in [4.78, 5) is 4.27. The zero-order valence-corrected chi connectivity index (χ0v) is 12.9. The number of aromatic nitrogens is 1. The third-order valence-corrected chi connectivity index (χ3v) is 4.01. The van der Waals surface area contributed by atoms with E-state index in [1.54, 1.807) is 13.3 Å². The molecule has 1 N–H and O–H groups in total. The highest BCUT2D eigenvalue weighted by molar-refractivity contribution is 14.1. The summed E-state index contributed by atoms with van der Waals surface area (Å²) in [5.41, 5.74) is 4.86. The van der Waals surface area contributed by atoms with Crippen LogP contribution >= 0.6 is 33.9 Å². The number of rotatable bonds is 4. The van der Waals surface area contributed by atoms with Crippen molar-refractivity contribution in [3.63, 3.8) is 0 Å². The molecule has 18 heavy (non-hydrogen) atoms. The molecule has 0 unspecified atom stereocenters. The highest BCUT2D eigenvalue weighted by atomic mass is 127. The predicted molar refractivity (Wildman–Crippen MR) is 83.8 cm³/mol. The minimum Gasteiger partial charge on any atom is -0.496 e. The average molecular weight is 373 g/mol. The van der Waals surface area contributed by atoms with Crippen molar-refractivity contribution in [1.82, 2.24) is 4.98 Å². The van der Waals surface area contributed by atoms with Crippen LogP contribution in [0.25, 0.3) is 0 Å². The Morgan fingerprint density at radius 2 is 2.33 bits per heavy atom. The summed E-state index contributed by atoms with van der Waals surface area (Å²) < 4.78 is 6.39. The molecule has 94 valence electrons. The lowest BCUT2D eigenvalue weighted by molar-refractivity contribution is 0.414. The Hall–Kier alpha value is -1.15. The van der Waals surface area contributed by atoms with Crippen LogP contribution in [0.2, 0.25) is 0 Å². The van der Waals surface area contributed by atoms with Gasteiger partial charge >= 0.3 is 0 Å². The molecule has 0 saturated heterocycles. The first kappa shape index (κ1) is 13.3.